The normalized spacial score (nSPS) is 14.4. The van der Waals surface area contributed by atoms with Gasteiger partial charge in [0.05, 0.1) is 24.5 Å². The first kappa shape index (κ1) is 14.1. The fraction of sp³-hybridized carbons (Fsp3) is 0.214. The van der Waals surface area contributed by atoms with Crippen LogP contribution in [-0.2, 0) is 0 Å². The van der Waals surface area contributed by atoms with Crippen molar-refractivity contribution in [2.24, 2.45) is 0 Å². The zero-order valence-corrected chi connectivity index (χ0v) is 14.5. The van der Waals surface area contributed by atoms with Gasteiger partial charge in [0.2, 0.25) is 0 Å². The molecule has 2 aromatic rings. The molecule has 0 bridgehead atoms. The fourth-order valence-corrected chi connectivity index (χ4v) is 5.06. The first-order valence-electron chi connectivity index (χ1n) is 6.26. The van der Waals surface area contributed by atoms with E-state index in [-0.39, 0.29) is 5.91 Å². The summed E-state index contributed by atoms with van der Waals surface area (Å²) in [6, 6.07) is 9.82. The van der Waals surface area contributed by atoms with E-state index in [2.05, 4.69) is 37.2 Å². The molecule has 0 saturated heterocycles. The summed E-state index contributed by atoms with van der Waals surface area (Å²) in [7, 11) is 0. The molecule has 0 spiro atoms. The molecule has 1 amide bonds. The van der Waals surface area contributed by atoms with Gasteiger partial charge in [0.15, 0.2) is 0 Å². The van der Waals surface area contributed by atoms with Gasteiger partial charge in [0, 0.05) is 13.1 Å². The van der Waals surface area contributed by atoms with E-state index >= 15 is 0 Å². The van der Waals surface area contributed by atoms with Crippen LogP contribution in [0.3, 0.4) is 0 Å². The number of anilines is 2. The number of hydrogen-bond acceptors (Lipinski definition) is 3. The molecular formula is C14H12Br2N2OS. The van der Waals surface area contributed by atoms with E-state index in [9.17, 15) is 4.79 Å². The molecule has 0 unspecified atom stereocenters. The number of rotatable bonds is 1. The van der Waals surface area contributed by atoms with Crippen LogP contribution in [0, 0.1) is 0 Å². The van der Waals surface area contributed by atoms with Gasteiger partial charge in [-0.05, 0) is 56.5 Å². The van der Waals surface area contributed by atoms with Gasteiger partial charge in [-0.3, -0.25) is 4.79 Å². The Labute approximate surface area is 138 Å². The van der Waals surface area contributed by atoms with Crippen LogP contribution in [0.5, 0.6) is 0 Å². The summed E-state index contributed by atoms with van der Waals surface area (Å²) in [5.74, 6) is 0.0370. The average molecular weight is 416 g/mol. The van der Waals surface area contributed by atoms with Crippen LogP contribution in [0.25, 0.3) is 0 Å². The van der Waals surface area contributed by atoms with Gasteiger partial charge in [-0.15, -0.1) is 11.3 Å². The van der Waals surface area contributed by atoms with Crippen molar-refractivity contribution in [1.29, 1.82) is 0 Å². The van der Waals surface area contributed by atoms with Crippen LogP contribution < -0.4 is 10.2 Å². The van der Waals surface area contributed by atoms with Gasteiger partial charge in [-0.1, -0.05) is 12.1 Å². The second-order valence-corrected chi connectivity index (χ2v) is 8.24. The van der Waals surface area contributed by atoms with Crippen molar-refractivity contribution < 1.29 is 4.79 Å². The summed E-state index contributed by atoms with van der Waals surface area (Å²) in [5, 5.41) is 3.37. The van der Waals surface area contributed by atoms with Gasteiger partial charge >= 0.3 is 0 Å². The first-order chi connectivity index (χ1) is 9.66. The maximum atomic E-state index is 12.8. The Bertz CT molecular complexity index is 656. The van der Waals surface area contributed by atoms with Crippen LogP contribution in [0.1, 0.15) is 16.8 Å². The topological polar surface area (TPSA) is 32.3 Å². The lowest BCUT2D eigenvalue weighted by molar-refractivity contribution is 0.0987. The van der Waals surface area contributed by atoms with E-state index in [0.717, 1.165) is 38.5 Å². The molecule has 1 aromatic heterocycles. The molecule has 2 heterocycles. The number of nitrogens with one attached hydrogen (secondary N) is 1. The van der Waals surface area contributed by atoms with E-state index < -0.39 is 0 Å². The zero-order chi connectivity index (χ0) is 14.1. The quantitative estimate of drug-likeness (QED) is 0.729. The van der Waals surface area contributed by atoms with E-state index in [1.54, 1.807) is 0 Å². The van der Waals surface area contributed by atoms with Crippen LogP contribution in [0.4, 0.5) is 11.4 Å². The smallest absolute Gasteiger partial charge is 0.260 e. The molecule has 3 nitrogen and oxygen atoms in total. The first-order valence-corrected chi connectivity index (χ1v) is 8.66. The minimum Gasteiger partial charge on any atom is -0.383 e. The van der Waals surface area contributed by atoms with E-state index in [1.807, 2.05) is 35.2 Å². The molecule has 1 N–H and O–H groups in total. The summed E-state index contributed by atoms with van der Waals surface area (Å²) in [6.07, 6.45) is 0.934. The zero-order valence-electron chi connectivity index (χ0n) is 10.5. The number of para-hydroxylation sites is 2. The van der Waals surface area contributed by atoms with Crippen LogP contribution >= 0.6 is 43.2 Å². The van der Waals surface area contributed by atoms with Crippen molar-refractivity contribution in [1.82, 2.24) is 0 Å². The molecule has 104 valence electrons. The van der Waals surface area contributed by atoms with E-state index in [4.69, 9.17) is 0 Å². The highest BCUT2D eigenvalue weighted by molar-refractivity contribution is 9.12. The molecule has 0 fully saturated rings. The SMILES string of the molecule is O=C(c1cc(Br)sc1Br)N1CCCNc2ccccc21. The van der Waals surface area contributed by atoms with E-state index in [0.29, 0.717) is 5.56 Å². The minimum atomic E-state index is 0.0370. The maximum Gasteiger partial charge on any atom is 0.260 e. The van der Waals surface area contributed by atoms with Crippen molar-refractivity contribution in [3.63, 3.8) is 0 Å². The second-order valence-electron chi connectivity index (χ2n) is 4.49. The number of halogens is 2. The third-order valence-electron chi connectivity index (χ3n) is 3.20. The Hall–Kier alpha value is -0.850. The molecule has 0 radical (unpaired) electrons. The molecule has 1 aromatic carbocycles. The predicted octanol–water partition coefficient (Wildman–Crippen LogP) is 4.74. The lowest BCUT2D eigenvalue weighted by atomic mass is 10.2. The summed E-state index contributed by atoms with van der Waals surface area (Å²) in [5.41, 5.74) is 2.67. The highest BCUT2D eigenvalue weighted by Crippen LogP contribution is 2.35. The van der Waals surface area contributed by atoms with Gasteiger partial charge in [-0.25, -0.2) is 0 Å². The van der Waals surface area contributed by atoms with E-state index in [1.165, 1.54) is 11.3 Å². The molecule has 1 aliphatic heterocycles. The van der Waals surface area contributed by atoms with Crippen LogP contribution in [0.2, 0.25) is 0 Å². The number of thiophene rings is 1. The van der Waals surface area contributed by atoms with Crippen molar-refractivity contribution in [2.75, 3.05) is 23.3 Å². The molecule has 1 aliphatic rings. The number of carbonyl (C=O) groups excluding carboxylic acids is 1. The largest absolute Gasteiger partial charge is 0.383 e. The predicted molar refractivity (Wildman–Crippen MR) is 90.9 cm³/mol. The Morgan fingerprint density at radius 3 is 2.85 bits per heavy atom. The third kappa shape index (κ3) is 2.64. The molecule has 3 rings (SSSR count). The summed E-state index contributed by atoms with van der Waals surface area (Å²) in [4.78, 5) is 14.7. The number of fused-ring (bicyclic) bond motifs is 1. The number of benzene rings is 1. The highest BCUT2D eigenvalue weighted by atomic mass is 79.9. The lowest BCUT2D eigenvalue weighted by Crippen LogP contribution is -2.31. The third-order valence-corrected chi connectivity index (χ3v) is 5.54. The Morgan fingerprint density at radius 1 is 1.30 bits per heavy atom. The molecule has 0 atom stereocenters. The number of carbonyl (C=O) groups is 1. The average Bonchev–Trinajstić information content (AvgIpc) is 2.66. The maximum absolute atomic E-state index is 12.8. The van der Waals surface area contributed by atoms with Crippen molar-refractivity contribution >= 4 is 60.5 Å². The van der Waals surface area contributed by atoms with Crippen molar-refractivity contribution in [3.05, 3.63) is 43.5 Å². The standard InChI is InChI=1S/C14H12Br2N2OS/c15-12-8-9(13(16)20-12)14(19)18-7-3-6-17-10-4-1-2-5-11(10)18/h1-2,4-5,8,17H,3,6-7H2. The molecular weight excluding hydrogens is 404 g/mol. The number of hydrogen-bond donors (Lipinski definition) is 1. The summed E-state index contributed by atoms with van der Waals surface area (Å²) >= 11 is 8.42. The van der Waals surface area contributed by atoms with Crippen molar-refractivity contribution in [3.8, 4) is 0 Å². The van der Waals surface area contributed by atoms with Crippen LogP contribution in [-0.4, -0.2) is 19.0 Å². The van der Waals surface area contributed by atoms with Gasteiger partial charge in [0.1, 0.15) is 0 Å². The molecule has 0 saturated carbocycles. The van der Waals surface area contributed by atoms with Gasteiger partial charge in [0.25, 0.3) is 5.91 Å². The molecule has 20 heavy (non-hydrogen) atoms. The second kappa shape index (κ2) is 5.87. The minimum absolute atomic E-state index is 0.0370. The van der Waals surface area contributed by atoms with Gasteiger partial charge in [-0.2, -0.15) is 0 Å². The monoisotopic (exact) mass is 414 g/mol. The number of nitrogens with zero attached hydrogens (tertiary/aromatic N) is 1. The Morgan fingerprint density at radius 2 is 2.10 bits per heavy atom. The fourth-order valence-electron chi connectivity index (χ4n) is 2.28. The van der Waals surface area contributed by atoms with Crippen LogP contribution in [0.15, 0.2) is 37.9 Å². The van der Waals surface area contributed by atoms with Crippen molar-refractivity contribution in [2.45, 2.75) is 6.42 Å². The number of amides is 1. The molecule has 0 aliphatic carbocycles. The Balaban J connectivity index is 2.01. The molecule has 6 heteroatoms. The summed E-state index contributed by atoms with van der Waals surface area (Å²) in [6.45, 7) is 1.61. The Kier molecular flexibility index (Phi) is 4.14. The highest BCUT2D eigenvalue weighted by Gasteiger charge is 2.24. The summed E-state index contributed by atoms with van der Waals surface area (Å²) < 4.78 is 1.82. The lowest BCUT2D eigenvalue weighted by Gasteiger charge is -2.22. The van der Waals surface area contributed by atoms with Gasteiger partial charge < -0.3 is 10.2 Å².